The van der Waals surface area contributed by atoms with Crippen molar-refractivity contribution in [3.63, 3.8) is 0 Å². The lowest BCUT2D eigenvalue weighted by atomic mass is 10.1. The minimum absolute atomic E-state index is 0.00590. The van der Waals surface area contributed by atoms with E-state index in [2.05, 4.69) is 4.98 Å². The molecule has 1 heterocycles. The lowest BCUT2D eigenvalue weighted by Crippen LogP contribution is -1.99. The van der Waals surface area contributed by atoms with Crippen molar-refractivity contribution in [3.05, 3.63) is 50.7 Å². The molecule has 2 aromatic rings. The fourth-order valence-corrected chi connectivity index (χ4v) is 2.95. The number of hydrogen-bond acceptors (Lipinski definition) is 3. The Bertz CT molecular complexity index is 622. The van der Waals surface area contributed by atoms with E-state index in [9.17, 15) is 9.18 Å². The molecular formula is C14H14FNO2S. The number of carboxylic acids is 1. The minimum Gasteiger partial charge on any atom is -0.481 e. The van der Waals surface area contributed by atoms with Gasteiger partial charge in [-0.05, 0) is 31.0 Å². The molecule has 0 saturated heterocycles. The van der Waals surface area contributed by atoms with Crippen LogP contribution >= 0.6 is 11.3 Å². The van der Waals surface area contributed by atoms with Crippen molar-refractivity contribution in [1.29, 1.82) is 0 Å². The third-order valence-electron chi connectivity index (χ3n) is 2.83. The van der Waals surface area contributed by atoms with Crippen molar-refractivity contribution < 1.29 is 14.3 Å². The molecule has 0 radical (unpaired) electrons. The Balaban J connectivity index is 2.19. The maximum absolute atomic E-state index is 13.2. The number of aromatic nitrogens is 1. The Morgan fingerprint density at radius 2 is 2.16 bits per heavy atom. The Morgan fingerprint density at radius 1 is 1.42 bits per heavy atom. The second-order valence-corrected chi connectivity index (χ2v) is 5.62. The number of aryl methyl sites for hydroxylation is 2. The highest BCUT2D eigenvalue weighted by molar-refractivity contribution is 7.11. The zero-order chi connectivity index (χ0) is 14.0. The van der Waals surface area contributed by atoms with Crippen molar-refractivity contribution >= 4 is 17.3 Å². The summed E-state index contributed by atoms with van der Waals surface area (Å²) in [7, 11) is 0. The molecule has 0 bridgehead atoms. The number of aliphatic carboxylic acids is 1. The highest BCUT2D eigenvalue weighted by Crippen LogP contribution is 2.22. The summed E-state index contributed by atoms with van der Waals surface area (Å²) in [5.41, 5.74) is 2.35. The summed E-state index contributed by atoms with van der Waals surface area (Å²) in [4.78, 5) is 15.9. The summed E-state index contributed by atoms with van der Waals surface area (Å²) < 4.78 is 13.2. The number of rotatable bonds is 4. The first-order chi connectivity index (χ1) is 8.95. The third kappa shape index (κ3) is 3.38. The van der Waals surface area contributed by atoms with Gasteiger partial charge in [0.15, 0.2) is 0 Å². The maximum atomic E-state index is 13.2. The van der Waals surface area contributed by atoms with Crippen molar-refractivity contribution in [2.24, 2.45) is 0 Å². The molecule has 19 heavy (non-hydrogen) atoms. The lowest BCUT2D eigenvalue weighted by Gasteiger charge is -2.01. The molecule has 0 aliphatic rings. The number of thiazole rings is 1. The van der Waals surface area contributed by atoms with Crippen molar-refractivity contribution in [2.75, 3.05) is 0 Å². The number of benzene rings is 1. The SMILES string of the molecule is Cc1cc(Cc2nc(C)c(CC(=O)O)s2)ccc1F. The molecule has 2 rings (SSSR count). The summed E-state index contributed by atoms with van der Waals surface area (Å²) in [6.45, 7) is 3.54. The lowest BCUT2D eigenvalue weighted by molar-refractivity contribution is -0.136. The van der Waals surface area contributed by atoms with E-state index in [1.807, 2.05) is 6.92 Å². The van der Waals surface area contributed by atoms with Gasteiger partial charge in [-0.15, -0.1) is 11.3 Å². The summed E-state index contributed by atoms with van der Waals surface area (Å²) in [6, 6.07) is 4.97. The van der Waals surface area contributed by atoms with Crippen molar-refractivity contribution in [1.82, 2.24) is 4.98 Å². The molecule has 0 aliphatic carbocycles. The van der Waals surface area contributed by atoms with Gasteiger partial charge in [0.25, 0.3) is 0 Å². The van der Waals surface area contributed by atoms with Crippen LogP contribution in [-0.4, -0.2) is 16.1 Å². The summed E-state index contributed by atoms with van der Waals surface area (Å²) >= 11 is 1.41. The second-order valence-electron chi connectivity index (χ2n) is 4.45. The van der Waals surface area contributed by atoms with Gasteiger partial charge in [-0.1, -0.05) is 12.1 Å². The molecule has 0 amide bonds. The smallest absolute Gasteiger partial charge is 0.308 e. The molecule has 1 aromatic heterocycles. The first-order valence-electron chi connectivity index (χ1n) is 5.87. The van der Waals surface area contributed by atoms with Crippen LogP contribution < -0.4 is 0 Å². The molecule has 1 N–H and O–H groups in total. The van der Waals surface area contributed by atoms with Crippen LogP contribution in [0.1, 0.15) is 26.7 Å². The predicted octanol–water partition coefficient (Wildman–Crippen LogP) is 3.12. The van der Waals surface area contributed by atoms with Gasteiger partial charge in [0.1, 0.15) is 5.82 Å². The van der Waals surface area contributed by atoms with Crippen molar-refractivity contribution in [2.45, 2.75) is 26.7 Å². The number of carboxylic acid groups (broad SMARTS) is 1. The zero-order valence-electron chi connectivity index (χ0n) is 10.7. The van der Waals surface area contributed by atoms with E-state index >= 15 is 0 Å². The number of halogens is 1. The van der Waals surface area contributed by atoms with Crippen LogP contribution in [-0.2, 0) is 17.6 Å². The zero-order valence-corrected chi connectivity index (χ0v) is 11.6. The first kappa shape index (κ1) is 13.7. The van der Waals surface area contributed by atoms with Crippen molar-refractivity contribution in [3.8, 4) is 0 Å². The summed E-state index contributed by atoms with van der Waals surface area (Å²) in [6.07, 6.45) is 0.609. The van der Waals surface area contributed by atoms with Gasteiger partial charge in [0, 0.05) is 11.3 Å². The van der Waals surface area contributed by atoms with Gasteiger partial charge in [0.2, 0.25) is 0 Å². The minimum atomic E-state index is -0.851. The highest BCUT2D eigenvalue weighted by atomic mass is 32.1. The molecule has 5 heteroatoms. The van der Waals surface area contributed by atoms with Gasteiger partial charge < -0.3 is 5.11 Å². The predicted molar refractivity (Wildman–Crippen MR) is 72.1 cm³/mol. The molecule has 0 unspecified atom stereocenters. The number of hydrogen-bond donors (Lipinski definition) is 1. The van der Waals surface area contributed by atoms with Crippen LogP contribution in [0.4, 0.5) is 4.39 Å². The van der Waals surface area contributed by atoms with E-state index in [0.717, 1.165) is 21.1 Å². The third-order valence-corrected chi connectivity index (χ3v) is 3.98. The molecule has 0 fully saturated rings. The van der Waals surface area contributed by atoms with Gasteiger partial charge in [-0.25, -0.2) is 9.37 Å². The molecule has 3 nitrogen and oxygen atoms in total. The van der Waals surface area contributed by atoms with E-state index in [0.29, 0.717) is 12.0 Å². The van der Waals surface area contributed by atoms with Crippen LogP contribution in [0.25, 0.3) is 0 Å². The largest absolute Gasteiger partial charge is 0.481 e. The monoisotopic (exact) mass is 279 g/mol. The second kappa shape index (κ2) is 5.48. The van der Waals surface area contributed by atoms with Gasteiger partial charge in [-0.2, -0.15) is 0 Å². The summed E-state index contributed by atoms with van der Waals surface area (Å²) in [5.74, 6) is -1.07. The Kier molecular flexibility index (Phi) is 3.95. The topological polar surface area (TPSA) is 50.2 Å². The fourth-order valence-electron chi connectivity index (χ4n) is 1.86. The average Bonchev–Trinajstić information content (AvgIpc) is 2.64. The Labute approximate surface area is 114 Å². The molecule has 1 aromatic carbocycles. The molecule has 0 spiro atoms. The number of carbonyl (C=O) groups is 1. The van der Waals surface area contributed by atoms with E-state index in [1.165, 1.54) is 17.4 Å². The van der Waals surface area contributed by atoms with Crippen LogP contribution in [0, 0.1) is 19.7 Å². The molecular weight excluding hydrogens is 265 g/mol. The van der Waals surface area contributed by atoms with Crippen LogP contribution in [0.15, 0.2) is 18.2 Å². The van der Waals surface area contributed by atoms with E-state index < -0.39 is 5.97 Å². The fraction of sp³-hybridized carbons (Fsp3) is 0.286. The van der Waals surface area contributed by atoms with Gasteiger partial charge in [0.05, 0.1) is 17.1 Å². The van der Waals surface area contributed by atoms with E-state index in [1.54, 1.807) is 19.1 Å². The van der Waals surface area contributed by atoms with Crippen LogP contribution in [0.5, 0.6) is 0 Å². The molecule has 0 atom stereocenters. The Hall–Kier alpha value is -1.75. The van der Waals surface area contributed by atoms with Gasteiger partial charge >= 0.3 is 5.97 Å². The average molecular weight is 279 g/mol. The highest BCUT2D eigenvalue weighted by Gasteiger charge is 2.11. The maximum Gasteiger partial charge on any atom is 0.308 e. The Morgan fingerprint density at radius 3 is 2.79 bits per heavy atom. The number of nitrogens with zero attached hydrogens (tertiary/aromatic N) is 1. The molecule has 0 aliphatic heterocycles. The van der Waals surface area contributed by atoms with E-state index in [-0.39, 0.29) is 12.2 Å². The first-order valence-corrected chi connectivity index (χ1v) is 6.69. The summed E-state index contributed by atoms with van der Waals surface area (Å²) in [5, 5.41) is 9.66. The standard InChI is InChI=1S/C14H14FNO2S/c1-8-5-10(3-4-11(8)15)6-13-16-9(2)12(19-13)7-14(17)18/h3-5H,6-7H2,1-2H3,(H,17,18). The quantitative estimate of drug-likeness (QED) is 0.935. The normalized spacial score (nSPS) is 10.7. The molecule has 0 saturated carbocycles. The van der Waals surface area contributed by atoms with Gasteiger partial charge in [-0.3, -0.25) is 4.79 Å². The van der Waals surface area contributed by atoms with Crippen LogP contribution in [0.2, 0.25) is 0 Å². The van der Waals surface area contributed by atoms with Crippen LogP contribution in [0.3, 0.4) is 0 Å². The van der Waals surface area contributed by atoms with E-state index in [4.69, 9.17) is 5.11 Å². The molecule has 100 valence electrons.